The lowest BCUT2D eigenvalue weighted by Gasteiger charge is -2.17. The van der Waals surface area contributed by atoms with E-state index in [1.807, 2.05) is 42.5 Å². The average molecular weight is 320 g/mol. The molecule has 3 aromatic rings. The second kappa shape index (κ2) is 5.93. The molecule has 3 aromatic carbocycles. The summed E-state index contributed by atoms with van der Waals surface area (Å²) in [7, 11) is 0. The van der Waals surface area contributed by atoms with E-state index in [4.69, 9.17) is 0 Å². The topological polar surface area (TPSA) is 60.7 Å². The summed E-state index contributed by atoms with van der Waals surface area (Å²) in [4.78, 5) is 0. The average Bonchev–Trinajstić information content (AvgIpc) is 2.60. The first-order valence-electron chi connectivity index (χ1n) is 7.82. The summed E-state index contributed by atoms with van der Waals surface area (Å²) in [5.41, 5.74) is 4.72. The highest BCUT2D eigenvalue weighted by atomic mass is 16.3. The molecule has 0 amide bonds. The number of rotatable bonds is 2. The molecular formula is C21H20O3. The number of hydrogen-bond acceptors (Lipinski definition) is 3. The predicted molar refractivity (Wildman–Crippen MR) is 96.5 cm³/mol. The van der Waals surface area contributed by atoms with E-state index in [2.05, 4.69) is 0 Å². The van der Waals surface area contributed by atoms with Gasteiger partial charge in [-0.25, -0.2) is 0 Å². The van der Waals surface area contributed by atoms with Crippen molar-refractivity contribution < 1.29 is 15.3 Å². The molecule has 0 saturated heterocycles. The van der Waals surface area contributed by atoms with E-state index in [9.17, 15) is 15.3 Å². The van der Waals surface area contributed by atoms with Gasteiger partial charge in [0.1, 0.15) is 17.2 Å². The van der Waals surface area contributed by atoms with Crippen LogP contribution < -0.4 is 0 Å². The van der Waals surface area contributed by atoms with Crippen molar-refractivity contribution in [2.45, 2.75) is 20.8 Å². The van der Waals surface area contributed by atoms with Crippen LogP contribution in [0.15, 0.2) is 48.5 Å². The van der Waals surface area contributed by atoms with Crippen molar-refractivity contribution in [3.63, 3.8) is 0 Å². The standard InChI is InChI=1S/C21H20O3/c1-12-13(2)21(24)19(14(3)20(12)23)17-11-16(9-10-18(17)22)15-7-5-4-6-8-15/h4-11,22-24H,1-3H3. The van der Waals surface area contributed by atoms with Crippen molar-refractivity contribution >= 4 is 0 Å². The Balaban J connectivity index is 2.28. The van der Waals surface area contributed by atoms with Crippen molar-refractivity contribution in [3.05, 3.63) is 65.2 Å². The second-order valence-electron chi connectivity index (χ2n) is 6.05. The summed E-state index contributed by atoms with van der Waals surface area (Å²) in [5, 5.41) is 31.3. The minimum atomic E-state index is 0.0655. The molecule has 0 bridgehead atoms. The van der Waals surface area contributed by atoms with Crippen LogP contribution in [0.25, 0.3) is 22.3 Å². The predicted octanol–water partition coefficient (Wildman–Crippen LogP) is 5.06. The third kappa shape index (κ3) is 2.48. The summed E-state index contributed by atoms with van der Waals surface area (Å²) in [6.07, 6.45) is 0. The smallest absolute Gasteiger partial charge is 0.127 e. The Hall–Kier alpha value is -2.94. The van der Waals surface area contributed by atoms with Crippen LogP contribution in [0.1, 0.15) is 16.7 Å². The highest BCUT2D eigenvalue weighted by molar-refractivity contribution is 5.85. The Morgan fingerprint density at radius 2 is 1.25 bits per heavy atom. The Labute approximate surface area is 141 Å². The molecule has 3 rings (SSSR count). The van der Waals surface area contributed by atoms with Gasteiger partial charge in [-0.1, -0.05) is 36.4 Å². The van der Waals surface area contributed by atoms with Gasteiger partial charge in [0.25, 0.3) is 0 Å². The van der Waals surface area contributed by atoms with Gasteiger partial charge in [-0.15, -0.1) is 0 Å². The van der Waals surface area contributed by atoms with Crippen molar-refractivity contribution in [2.75, 3.05) is 0 Å². The highest BCUT2D eigenvalue weighted by Crippen LogP contribution is 2.46. The monoisotopic (exact) mass is 320 g/mol. The van der Waals surface area contributed by atoms with E-state index in [0.717, 1.165) is 11.1 Å². The Morgan fingerprint density at radius 1 is 0.625 bits per heavy atom. The van der Waals surface area contributed by atoms with Crippen LogP contribution in [0, 0.1) is 20.8 Å². The van der Waals surface area contributed by atoms with Crippen LogP contribution in [-0.4, -0.2) is 15.3 Å². The molecule has 0 spiro atoms. The fourth-order valence-electron chi connectivity index (χ4n) is 3.00. The molecule has 0 aliphatic carbocycles. The van der Waals surface area contributed by atoms with Crippen LogP contribution in [0.4, 0.5) is 0 Å². The molecule has 0 fully saturated rings. The molecule has 0 aliphatic rings. The molecule has 122 valence electrons. The molecule has 3 heteroatoms. The summed E-state index contributed by atoms with van der Waals surface area (Å²) in [5.74, 6) is 0.295. The number of hydrogen-bond donors (Lipinski definition) is 3. The molecule has 3 N–H and O–H groups in total. The molecular weight excluding hydrogens is 300 g/mol. The minimum Gasteiger partial charge on any atom is -0.507 e. The third-order valence-electron chi connectivity index (χ3n) is 4.61. The zero-order valence-electron chi connectivity index (χ0n) is 14.0. The zero-order chi connectivity index (χ0) is 17.4. The van der Waals surface area contributed by atoms with E-state index in [0.29, 0.717) is 27.8 Å². The van der Waals surface area contributed by atoms with E-state index in [1.54, 1.807) is 26.8 Å². The number of phenols is 3. The van der Waals surface area contributed by atoms with Gasteiger partial charge in [-0.3, -0.25) is 0 Å². The minimum absolute atomic E-state index is 0.0655. The van der Waals surface area contributed by atoms with Crippen LogP contribution in [0.5, 0.6) is 17.2 Å². The summed E-state index contributed by atoms with van der Waals surface area (Å²) >= 11 is 0. The third-order valence-corrected chi connectivity index (χ3v) is 4.61. The second-order valence-corrected chi connectivity index (χ2v) is 6.05. The lowest BCUT2D eigenvalue weighted by Crippen LogP contribution is -1.93. The lowest BCUT2D eigenvalue weighted by molar-refractivity contribution is 0.449. The molecule has 0 heterocycles. The van der Waals surface area contributed by atoms with Crippen LogP contribution in [-0.2, 0) is 0 Å². The first-order valence-corrected chi connectivity index (χ1v) is 7.82. The molecule has 0 saturated carbocycles. The first kappa shape index (κ1) is 15.9. The van der Waals surface area contributed by atoms with Gasteiger partial charge in [0.15, 0.2) is 0 Å². The quantitative estimate of drug-likeness (QED) is 0.578. The molecule has 0 radical (unpaired) electrons. The summed E-state index contributed by atoms with van der Waals surface area (Å²) in [6, 6.07) is 15.1. The first-order chi connectivity index (χ1) is 11.4. The SMILES string of the molecule is Cc1c(C)c(O)c(-c2cc(-c3ccccc3)ccc2O)c(C)c1O. The molecule has 0 aliphatic heterocycles. The Morgan fingerprint density at radius 3 is 1.92 bits per heavy atom. The highest BCUT2D eigenvalue weighted by Gasteiger charge is 2.20. The van der Waals surface area contributed by atoms with Gasteiger partial charge >= 0.3 is 0 Å². The summed E-state index contributed by atoms with van der Waals surface area (Å²) in [6.45, 7) is 5.26. The van der Waals surface area contributed by atoms with Gasteiger partial charge in [-0.05, 0) is 55.2 Å². The van der Waals surface area contributed by atoms with Gasteiger partial charge < -0.3 is 15.3 Å². The van der Waals surface area contributed by atoms with Gasteiger partial charge in [0.2, 0.25) is 0 Å². The maximum absolute atomic E-state index is 10.6. The number of benzene rings is 3. The van der Waals surface area contributed by atoms with Crippen LogP contribution in [0.2, 0.25) is 0 Å². The Bertz CT molecular complexity index is 883. The zero-order valence-corrected chi connectivity index (χ0v) is 14.0. The largest absolute Gasteiger partial charge is 0.507 e. The van der Waals surface area contributed by atoms with Gasteiger partial charge in [0.05, 0.1) is 0 Å². The van der Waals surface area contributed by atoms with E-state index in [1.165, 1.54) is 0 Å². The van der Waals surface area contributed by atoms with E-state index < -0.39 is 0 Å². The molecule has 3 nitrogen and oxygen atoms in total. The van der Waals surface area contributed by atoms with Crippen molar-refractivity contribution in [1.82, 2.24) is 0 Å². The maximum atomic E-state index is 10.6. The number of phenolic OH excluding ortho intramolecular Hbond substituents is 3. The molecule has 24 heavy (non-hydrogen) atoms. The van der Waals surface area contributed by atoms with Crippen LogP contribution >= 0.6 is 0 Å². The van der Waals surface area contributed by atoms with Crippen molar-refractivity contribution in [3.8, 4) is 39.5 Å². The summed E-state index contributed by atoms with van der Waals surface area (Å²) < 4.78 is 0. The fraction of sp³-hybridized carbons (Fsp3) is 0.143. The van der Waals surface area contributed by atoms with Gasteiger partial charge in [-0.2, -0.15) is 0 Å². The Kier molecular flexibility index (Phi) is 3.94. The molecule has 0 aromatic heterocycles. The lowest BCUT2D eigenvalue weighted by atomic mass is 9.90. The molecule has 0 unspecified atom stereocenters. The van der Waals surface area contributed by atoms with Crippen molar-refractivity contribution in [2.24, 2.45) is 0 Å². The van der Waals surface area contributed by atoms with E-state index >= 15 is 0 Å². The normalized spacial score (nSPS) is 10.8. The maximum Gasteiger partial charge on any atom is 0.127 e. The van der Waals surface area contributed by atoms with Crippen molar-refractivity contribution in [1.29, 1.82) is 0 Å². The number of aromatic hydroxyl groups is 3. The van der Waals surface area contributed by atoms with E-state index in [-0.39, 0.29) is 17.2 Å². The van der Waals surface area contributed by atoms with Gasteiger partial charge in [0, 0.05) is 16.7 Å². The fourth-order valence-corrected chi connectivity index (χ4v) is 3.00. The molecule has 0 atom stereocenters. The van der Waals surface area contributed by atoms with Crippen LogP contribution in [0.3, 0.4) is 0 Å².